The third-order valence-electron chi connectivity index (χ3n) is 3.46. The minimum absolute atomic E-state index is 0.247. The number of benzene rings is 1. The number of hydrogen-bond donors (Lipinski definition) is 1. The topological polar surface area (TPSA) is 26.0 Å². The van der Waals surface area contributed by atoms with Crippen LogP contribution in [0.25, 0.3) is 0 Å². The number of hydrogen-bond acceptors (Lipinski definition) is 2. The molecule has 0 saturated heterocycles. The average Bonchev–Trinajstić information content (AvgIpc) is 2.80. The maximum atomic E-state index is 6.65. The van der Waals surface area contributed by atoms with E-state index < -0.39 is 0 Å². The Labute approximate surface area is 99.9 Å². The highest BCUT2D eigenvalue weighted by Gasteiger charge is 2.35. The summed E-state index contributed by atoms with van der Waals surface area (Å²) < 4.78 is 0. The molecule has 2 heteroatoms. The molecular weight excluding hydrogens is 214 g/mol. The molecule has 1 aromatic carbocycles. The number of thiophene rings is 1. The largest absolute Gasteiger partial charge is 0.317 e. The van der Waals surface area contributed by atoms with E-state index in [1.807, 2.05) is 6.07 Å². The van der Waals surface area contributed by atoms with Gasteiger partial charge in [0.1, 0.15) is 0 Å². The van der Waals surface area contributed by atoms with E-state index in [0.29, 0.717) is 0 Å². The molecule has 82 valence electrons. The Hall–Kier alpha value is -1.12. The monoisotopic (exact) mass is 229 g/mol. The van der Waals surface area contributed by atoms with Crippen molar-refractivity contribution in [1.82, 2.24) is 0 Å². The van der Waals surface area contributed by atoms with Crippen molar-refractivity contribution in [3.05, 3.63) is 57.8 Å². The Kier molecular flexibility index (Phi) is 2.34. The molecule has 0 amide bonds. The third-order valence-corrected chi connectivity index (χ3v) is 4.59. The molecule has 0 fully saturated rings. The van der Waals surface area contributed by atoms with Crippen molar-refractivity contribution in [1.29, 1.82) is 0 Å². The molecule has 1 aromatic heterocycles. The maximum Gasteiger partial charge on any atom is 0.0762 e. The Morgan fingerprint density at radius 3 is 2.75 bits per heavy atom. The second-order valence-corrected chi connectivity index (χ2v) is 5.38. The van der Waals surface area contributed by atoms with Gasteiger partial charge in [-0.1, -0.05) is 30.3 Å². The summed E-state index contributed by atoms with van der Waals surface area (Å²) in [6.07, 6.45) is 3.43. The smallest absolute Gasteiger partial charge is 0.0762 e. The van der Waals surface area contributed by atoms with Crippen LogP contribution in [-0.4, -0.2) is 0 Å². The summed E-state index contributed by atoms with van der Waals surface area (Å²) in [4.78, 5) is 1.37. The lowest BCUT2D eigenvalue weighted by Gasteiger charge is -2.34. The van der Waals surface area contributed by atoms with Crippen LogP contribution >= 0.6 is 11.3 Å². The summed E-state index contributed by atoms with van der Waals surface area (Å²) in [6.45, 7) is 0. The van der Waals surface area contributed by atoms with Gasteiger partial charge in [-0.25, -0.2) is 0 Å². The molecule has 2 aromatic rings. The van der Waals surface area contributed by atoms with Crippen LogP contribution in [0, 0.1) is 0 Å². The molecule has 0 aliphatic heterocycles. The molecule has 1 aliphatic carbocycles. The molecule has 0 radical (unpaired) electrons. The van der Waals surface area contributed by atoms with Gasteiger partial charge in [-0.15, -0.1) is 11.3 Å². The van der Waals surface area contributed by atoms with Crippen molar-refractivity contribution in [2.24, 2.45) is 5.73 Å². The molecular formula is C14H15NS. The fraction of sp³-hybridized carbons (Fsp3) is 0.286. The van der Waals surface area contributed by atoms with Crippen molar-refractivity contribution >= 4 is 11.3 Å². The lowest BCUT2D eigenvalue weighted by atomic mass is 9.78. The summed E-state index contributed by atoms with van der Waals surface area (Å²) in [6, 6.07) is 12.7. The standard InChI is InChI=1S/C14H15NS/c15-14(12-6-2-1-3-7-12)9-4-5-11-8-10-16-13(11)14/h1-3,6-8,10H,4-5,9,15H2. The van der Waals surface area contributed by atoms with Gasteiger partial charge in [-0.3, -0.25) is 0 Å². The van der Waals surface area contributed by atoms with Gasteiger partial charge in [-0.2, -0.15) is 0 Å². The first-order valence-electron chi connectivity index (χ1n) is 5.72. The third kappa shape index (κ3) is 1.41. The lowest BCUT2D eigenvalue weighted by Crippen LogP contribution is -2.40. The second-order valence-electron chi connectivity index (χ2n) is 4.47. The Morgan fingerprint density at radius 2 is 1.94 bits per heavy atom. The van der Waals surface area contributed by atoms with E-state index in [-0.39, 0.29) is 5.54 Å². The Morgan fingerprint density at radius 1 is 1.12 bits per heavy atom. The van der Waals surface area contributed by atoms with Crippen molar-refractivity contribution in [3.63, 3.8) is 0 Å². The first-order valence-corrected chi connectivity index (χ1v) is 6.60. The van der Waals surface area contributed by atoms with Crippen LogP contribution in [0.1, 0.15) is 28.8 Å². The van der Waals surface area contributed by atoms with E-state index in [9.17, 15) is 0 Å². The average molecular weight is 229 g/mol. The summed E-state index contributed by atoms with van der Waals surface area (Å²) in [7, 11) is 0. The van der Waals surface area contributed by atoms with Crippen LogP contribution in [0.3, 0.4) is 0 Å². The van der Waals surface area contributed by atoms with Crippen LogP contribution in [0.5, 0.6) is 0 Å². The molecule has 1 nitrogen and oxygen atoms in total. The fourth-order valence-electron chi connectivity index (χ4n) is 2.61. The fourth-order valence-corrected chi connectivity index (χ4v) is 3.73. The molecule has 2 N–H and O–H groups in total. The SMILES string of the molecule is NC1(c2ccccc2)CCCc2ccsc21. The summed E-state index contributed by atoms with van der Waals surface area (Å²) in [5.74, 6) is 0. The number of aryl methyl sites for hydroxylation is 1. The number of nitrogens with two attached hydrogens (primary N) is 1. The second kappa shape index (κ2) is 3.72. The molecule has 3 rings (SSSR count). The van der Waals surface area contributed by atoms with Crippen molar-refractivity contribution in [2.45, 2.75) is 24.8 Å². The van der Waals surface area contributed by atoms with Gasteiger partial charge >= 0.3 is 0 Å². The first kappa shape index (κ1) is 10.1. The van der Waals surface area contributed by atoms with E-state index in [0.717, 1.165) is 6.42 Å². The summed E-state index contributed by atoms with van der Waals surface area (Å²) >= 11 is 1.80. The molecule has 1 unspecified atom stereocenters. The summed E-state index contributed by atoms with van der Waals surface area (Å²) in [5.41, 5.74) is 9.10. The van der Waals surface area contributed by atoms with Crippen LogP contribution in [-0.2, 0) is 12.0 Å². The minimum Gasteiger partial charge on any atom is -0.317 e. The summed E-state index contributed by atoms with van der Waals surface area (Å²) in [5, 5.41) is 2.17. The van der Waals surface area contributed by atoms with E-state index in [4.69, 9.17) is 5.73 Å². The molecule has 1 heterocycles. The van der Waals surface area contributed by atoms with Gasteiger partial charge in [0.25, 0.3) is 0 Å². The maximum absolute atomic E-state index is 6.65. The zero-order valence-corrected chi connectivity index (χ0v) is 9.96. The van der Waals surface area contributed by atoms with Gasteiger partial charge in [0.15, 0.2) is 0 Å². The zero-order valence-electron chi connectivity index (χ0n) is 9.15. The van der Waals surface area contributed by atoms with Gasteiger partial charge in [0, 0.05) is 4.88 Å². The Balaban J connectivity index is 2.14. The quantitative estimate of drug-likeness (QED) is 0.798. The highest BCUT2D eigenvalue weighted by Crippen LogP contribution is 2.41. The molecule has 1 atom stereocenters. The molecule has 16 heavy (non-hydrogen) atoms. The molecule has 0 bridgehead atoms. The van der Waals surface area contributed by atoms with Gasteiger partial charge < -0.3 is 5.73 Å². The van der Waals surface area contributed by atoms with E-state index in [2.05, 4.69) is 35.7 Å². The molecule has 0 saturated carbocycles. The van der Waals surface area contributed by atoms with Crippen molar-refractivity contribution in [3.8, 4) is 0 Å². The highest BCUT2D eigenvalue weighted by molar-refractivity contribution is 7.10. The van der Waals surface area contributed by atoms with Crippen LogP contribution in [0.2, 0.25) is 0 Å². The molecule has 0 spiro atoms. The number of rotatable bonds is 1. The van der Waals surface area contributed by atoms with Crippen LogP contribution in [0.4, 0.5) is 0 Å². The van der Waals surface area contributed by atoms with Crippen LogP contribution < -0.4 is 5.73 Å². The lowest BCUT2D eigenvalue weighted by molar-refractivity contribution is 0.453. The predicted molar refractivity (Wildman–Crippen MR) is 68.7 cm³/mol. The minimum atomic E-state index is -0.247. The van der Waals surface area contributed by atoms with Crippen molar-refractivity contribution in [2.75, 3.05) is 0 Å². The van der Waals surface area contributed by atoms with Gasteiger partial charge in [0.05, 0.1) is 5.54 Å². The predicted octanol–water partition coefficient (Wildman–Crippen LogP) is 3.29. The number of fused-ring (bicyclic) bond motifs is 1. The normalized spacial score (nSPS) is 24.1. The van der Waals surface area contributed by atoms with E-state index >= 15 is 0 Å². The first-order chi connectivity index (χ1) is 7.81. The highest BCUT2D eigenvalue weighted by atomic mass is 32.1. The van der Waals surface area contributed by atoms with Crippen LogP contribution in [0.15, 0.2) is 41.8 Å². The molecule has 1 aliphatic rings. The van der Waals surface area contributed by atoms with E-state index in [1.54, 1.807) is 11.3 Å². The van der Waals surface area contributed by atoms with Gasteiger partial charge in [0.2, 0.25) is 0 Å². The van der Waals surface area contributed by atoms with Gasteiger partial charge in [-0.05, 0) is 41.8 Å². The van der Waals surface area contributed by atoms with E-state index in [1.165, 1.54) is 28.8 Å². The Bertz CT molecular complexity index is 488. The van der Waals surface area contributed by atoms with Crippen molar-refractivity contribution < 1.29 is 0 Å². The zero-order chi connectivity index (χ0) is 11.0.